The van der Waals surface area contributed by atoms with Crippen LogP contribution in [-0.4, -0.2) is 46.3 Å². The van der Waals surface area contributed by atoms with Crippen molar-refractivity contribution in [3.05, 3.63) is 33.9 Å². The van der Waals surface area contributed by atoms with E-state index < -0.39 is 28.2 Å². The minimum atomic E-state index is -1.43. The molecular formula is C21H24N4O5. The van der Waals surface area contributed by atoms with Crippen molar-refractivity contribution in [1.82, 2.24) is 10.2 Å². The number of hydrogen-bond donors (Lipinski definition) is 1. The Morgan fingerprint density at radius 1 is 1.07 bits per heavy atom. The van der Waals surface area contributed by atoms with Crippen LogP contribution in [-0.2, 0) is 16.0 Å². The summed E-state index contributed by atoms with van der Waals surface area (Å²) in [7, 11) is 0. The number of benzene rings is 1. The van der Waals surface area contributed by atoms with E-state index in [9.17, 15) is 24.5 Å². The van der Waals surface area contributed by atoms with Crippen LogP contribution < -0.4 is 10.2 Å². The number of carbonyl (C=O) groups is 3. The van der Waals surface area contributed by atoms with Crippen molar-refractivity contribution < 1.29 is 19.3 Å². The number of amides is 4. The van der Waals surface area contributed by atoms with Gasteiger partial charge in [-0.25, -0.2) is 4.79 Å². The second kappa shape index (κ2) is 6.78. The first-order valence-corrected chi connectivity index (χ1v) is 10.7. The third-order valence-corrected chi connectivity index (χ3v) is 7.26. The molecular weight excluding hydrogens is 388 g/mol. The molecule has 1 aliphatic carbocycles. The number of nitrogens with one attached hydrogen (secondary N) is 1. The minimum Gasteiger partial charge on any atom is -0.367 e. The lowest BCUT2D eigenvalue weighted by atomic mass is 9.68. The smallest absolute Gasteiger partial charge is 0.331 e. The number of non-ortho nitro benzene ring substituents is 1. The molecule has 1 saturated carbocycles. The van der Waals surface area contributed by atoms with E-state index >= 15 is 0 Å². The van der Waals surface area contributed by atoms with E-state index in [4.69, 9.17) is 0 Å². The Morgan fingerprint density at radius 3 is 2.57 bits per heavy atom. The highest BCUT2D eigenvalue weighted by atomic mass is 16.6. The van der Waals surface area contributed by atoms with Crippen molar-refractivity contribution in [2.75, 3.05) is 11.4 Å². The molecule has 1 spiro atoms. The number of fused-ring (bicyclic) bond motifs is 4. The Labute approximate surface area is 173 Å². The van der Waals surface area contributed by atoms with Gasteiger partial charge in [0, 0.05) is 36.8 Å². The highest BCUT2D eigenvalue weighted by Crippen LogP contribution is 2.49. The van der Waals surface area contributed by atoms with E-state index in [0.717, 1.165) is 44.2 Å². The number of anilines is 1. The molecule has 9 heteroatoms. The van der Waals surface area contributed by atoms with E-state index in [1.807, 2.05) is 4.90 Å². The van der Waals surface area contributed by atoms with Crippen LogP contribution in [0, 0.1) is 15.5 Å². The highest BCUT2D eigenvalue weighted by molar-refractivity contribution is 6.20. The largest absolute Gasteiger partial charge is 0.367 e. The first-order valence-electron chi connectivity index (χ1n) is 10.7. The molecule has 3 aliphatic heterocycles. The first-order chi connectivity index (χ1) is 14.4. The van der Waals surface area contributed by atoms with Gasteiger partial charge in [-0.15, -0.1) is 0 Å². The molecule has 2 atom stereocenters. The Kier molecular flexibility index (Phi) is 4.30. The van der Waals surface area contributed by atoms with Crippen molar-refractivity contribution in [2.24, 2.45) is 5.41 Å². The van der Waals surface area contributed by atoms with Crippen LogP contribution in [0.25, 0.3) is 0 Å². The Bertz CT molecular complexity index is 957. The molecule has 1 N–H and O–H groups in total. The van der Waals surface area contributed by atoms with Crippen molar-refractivity contribution >= 4 is 29.2 Å². The Balaban J connectivity index is 1.61. The van der Waals surface area contributed by atoms with E-state index in [1.54, 1.807) is 6.07 Å². The number of carbonyl (C=O) groups excluding carboxylic acids is 3. The lowest BCUT2D eigenvalue weighted by molar-refractivity contribution is -0.384. The summed E-state index contributed by atoms with van der Waals surface area (Å²) in [5, 5.41) is 13.8. The monoisotopic (exact) mass is 412 g/mol. The maximum absolute atomic E-state index is 13.9. The molecule has 0 unspecified atom stereocenters. The molecule has 158 valence electrons. The lowest BCUT2D eigenvalue weighted by Gasteiger charge is -2.51. The van der Waals surface area contributed by atoms with Crippen LogP contribution in [0.4, 0.5) is 16.2 Å². The summed E-state index contributed by atoms with van der Waals surface area (Å²) in [4.78, 5) is 54.0. The summed E-state index contributed by atoms with van der Waals surface area (Å²) in [5.41, 5.74) is -0.0333. The second-order valence-corrected chi connectivity index (χ2v) is 8.80. The van der Waals surface area contributed by atoms with Crippen LogP contribution in [0.1, 0.15) is 50.5 Å². The van der Waals surface area contributed by atoms with E-state index in [0.29, 0.717) is 18.5 Å². The Hall–Kier alpha value is -2.97. The number of nitrogens with zero attached hydrogens (tertiary/aromatic N) is 3. The van der Waals surface area contributed by atoms with Crippen LogP contribution in [0.15, 0.2) is 18.2 Å². The molecule has 0 aromatic heterocycles. The zero-order valence-corrected chi connectivity index (χ0v) is 16.6. The van der Waals surface area contributed by atoms with Gasteiger partial charge < -0.3 is 4.90 Å². The van der Waals surface area contributed by atoms with Crippen LogP contribution in [0.3, 0.4) is 0 Å². The number of nitro groups is 1. The van der Waals surface area contributed by atoms with E-state index in [1.165, 1.54) is 17.0 Å². The van der Waals surface area contributed by atoms with Crippen molar-refractivity contribution in [2.45, 2.75) is 63.5 Å². The second-order valence-electron chi connectivity index (χ2n) is 8.80. The maximum atomic E-state index is 13.9. The summed E-state index contributed by atoms with van der Waals surface area (Å²) in [6.45, 7) is 0.676. The molecule has 3 heterocycles. The van der Waals surface area contributed by atoms with Gasteiger partial charge in [-0.3, -0.25) is 29.9 Å². The van der Waals surface area contributed by atoms with Gasteiger partial charge in [-0.1, -0.05) is 19.3 Å². The molecule has 1 aromatic rings. The summed E-state index contributed by atoms with van der Waals surface area (Å²) < 4.78 is 0. The zero-order valence-electron chi connectivity index (χ0n) is 16.6. The topological polar surface area (TPSA) is 113 Å². The van der Waals surface area contributed by atoms with Crippen LogP contribution in [0.5, 0.6) is 0 Å². The summed E-state index contributed by atoms with van der Waals surface area (Å²) in [6, 6.07) is 3.47. The molecule has 4 aliphatic rings. The molecule has 4 amide bonds. The fourth-order valence-electron chi connectivity index (χ4n) is 5.89. The molecule has 3 fully saturated rings. The van der Waals surface area contributed by atoms with Crippen molar-refractivity contribution in [3.8, 4) is 0 Å². The average Bonchev–Trinajstić information content (AvgIpc) is 3.23. The van der Waals surface area contributed by atoms with Gasteiger partial charge in [0.25, 0.3) is 5.69 Å². The van der Waals surface area contributed by atoms with Crippen LogP contribution >= 0.6 is 0 Å². The number of nitro benzene ring substituents is 1. The van der Waals surface area contributed by atoms with Crippen LogP contribution in [0.2, 0.25) is 0 Å². The molecule has 9 nitrogen and oxygen atoms in total. The molecule has 5 rings (SSSR count). The van der Waals surface area contributed by atoms with Gasteiger partial charge in [-0.2, -0.15) is 0 Å². The molecule has 2 saturated heterocycles. The van der Waals surface area contributed by atoms with Gasteiger partial charge in [0.05, 0.1) is 11.0 Å². The number of imide groups is 2. The standard InChI is InChI=1S/C21H24N4O5/c26-18-21(19(27)24(20(28)22-18)14-5-2-1-3-6-14)12-13-11-15(25(29)30)8-9-16(13)23-10-4-7-17(21)23/h8-9,11,14,17H,1-7,10,12H2,(H,22,26,28)/t17-,21-/m0/s1. The third kappa shape index (κ3) is 2.57. The quantitative estimate of drug-likeness (QED) is 0.454. The van der Waals surface area contributed by atoms with Gasteiger partial charge in [0.1, 0.15) is 0 Å². The third-order valence-electron chi connectivity index (χ3n) is 7.26. The number of barbiturate groups is 1. The zero-order chi connectivity index (χ0) is 21.0. The average molecular weight is 412 g/mol. The van der Waals surface area contributed by atoms with Crippen molar-refractivity contribution in [1.29, 1.82) is 0 Å². The predicted octanol–water partition coefficient (Wildman–Crippen LogP) is 2.52. The number of rotatable bonds is 2. The lowest BCUT2D eigenvalue weighted by Crippen LogP contribution is -2.72. The van der Waals surface area contributed by atoms with E-state index in [2.05, 4.69) is 5.32 Å². The van der Waals surface area contributed by atoms with Gasteiger partial charge in [0.15, 0.2) is 5.41 Å². The summed E-state index contributed by atoms with van der Waals surface area (Å²) in [6.07, 6.45) is 6.05. The van der Waals surface area contributed by atoms with E-state index in [-0.39, 0.29) is 24.2 Å². The fourth-order valence-corrected chi connectivity index (χ4v) is 5.89. The first kappa shape index (κ1) is 19.0. The van der Waals surface area contributed by atoms with Gasteiger partial charge >= 0.3 is 6.03 Å². The highest BCUT2D eigenvalue weighted by Gasteiger charge is 2.63. The maximum Gasteiger partial charge on any atom is 0.331 e. The van der Waals surface area contributed by atoms with Crippen molar-refractivity contribution in [3.63, 3.8) is 0 Å². The molecule has 0 bridgehead atoms. The molecule has 30 heavy (non-hydrogen) atoms. The minimum absolute atomic E-state index is 0.0644. The summed E-state index contributed by atoms with van der Waals surface area (Å²) >= 11 is 0. The van der Waals surface area contributed by atoms with Gasteiger partial charge in [-0.05, 0) is 37.3 Å². The Morgan fingerprint density at radius 2 is 1.83 bits per heavy atom. The predicted molar refractivity (Wildman–Crippen MR) is 107 cm³/mol. The summed E-state index contributed by atoms with van der Waals surface area (Å²) in [5.74, 6) is -1.00. The van der Waals surface area contributed by atoms with Gasteiger partial charge in [0.2, 0.25) is 11.8 Å². The number of urea groups is 1. The molecule has 1 aromatic carbocycles. The normalized spacial score (nSPS) is 29.1. The SMILES string of the molecule is O=C1NC(=O)[C@@]2(Cc3cc([N+](=O)[O-])ccc3N3CCC[C@H]32)C(=O)N1C1CCCCC1. The fraction of sp³-hybridized carbons (Fsp3) is 0.571. The molecule has 0 radical (unpaired) electrons. The number of hydrogen-bond acceptors (Lipinski definition) is 6.